The summed E-state index contributed by atoms with van der Waals surface area (Å²) in [5.41, 5.74) is -1.05. The molecule has 2 N–H and O–H groups in total. The molecule has 1 atom stereocenters. The van der Waals surface area contributed by atoms with E-state index >= 15 is 0 Å². The zero-order valence-electron chi connectivity index (χ0n) is 11.6. The van der Waals surface area contributed by atoms with Crippen LogP contribution in [0.1, 0.15) is 12.5 Å². The molecule has 0 aliphatic carbocycles. The third-order valence-electron chi connectivity index (χ3n) is 3.05. The van der Waals surface area contributed by atoms with E-state index in [0.29, 0.717) is 17.1 Å². The van der Waals surface area contributed by atoms with Crippen LogP contribution in [0.4, 0.5) is 10.1 Å². The van der Waals surface area contributed by atoms with Crippen LogP contribution in [0.25, 0.3) is 0 Å². The number of amides is 1. The van der Waals surface area contributed by atoms with Gasteiger partial charge in [0.1, 0.15) is 5.82 Å². The van der Waals surface area contributed by atoms with Crippen LogP contribution in [0, 0.1) is 5.82 Å². The molecule has 1 amide bonds. The molecule has 1 aromatic heterocycles. The van der Waals surface area contributed by atoms with Gasteiger partial charge in [-0.05, 0) is 30.7 Å². The van der Waals surface area contributed by atoms with Crippen molar-refractivity contribution in [1.82, 2.24) is 4.98 Å². The summed E-state index contributed by atoms with van der Waals surface area (Å²) in [5.74, 6) is -0.731. The Kier molecular flexibility index (Phi) is 4.18. The second kappa shape index (κ2) is 5.88. The normalized spacial score (nSPS) is 13.3. The summed E-state index contributed by atoms with van der Waals surface area (Å²) < 4.78 is 17.9. The Morgan fingerprint density at radius 2 is 2.00 bits per heavy atom. The highest BCUT2D eigenvalue weighted by Crippen LogP contribution is 2.23. The fraction of sp³-hybridized carbons (Fsp3) is 0.200. The van der Waals surface area contributed by atoms with Crippen molar-refractivity contribution < 1.29 is 19.0 Å². The number of ether oxygens (including phenoxy) is 1. The van der Waals surface area contributed by atoms with E-state index in [1.165, 1.54) is 50.6 Å². The highest BCUT2D eigenvalue weighted by molar-refractivity contribution is 5.97. The lowest BCUT2D eigenvalue weighted by Gasteiger charge is -2.22. The Labute approximate surface area is 121 Å². The number of pyridine rings is 1. The van der Waals surface area contributed by atoms with Gasteiger partial charge in [-0.1, -0.05) is 12.1 Å². The van der Waals surface area contributed by atoms with E-state index in [4.69, 9.17) is 4.74 Å². The monoisotopic (exact) mass is 290 g/mol. The summed E-state index contributed by atoms with van der Waals surface area (Å²) in [4.78, 5) is 16.1. The number of rotatable bonds is 4. The molecule has 0 fully saturated rings. The SMILES string of the molecule is COc1cc(NC(=O)C(C)(O)c2ccc(F)cc2)ccn1. The van der Waals surface area contributed by atoms with Crippen LogP contribution in [0.2, 0.25) is 0 Å². The standard InChI is InChI=1S/C15H15FN2O3/c1-15(20,10-3-5-11(16)6-4-10)14(19)18-12-7-8-17-13(9-12)21-2/h3-9,20H,1-2H3,(H,17,18,19). The number of aromatic nitrogens is 1. The summed E-state index contributed by atoms with van der Waals surface area (Å²) in [6.45, 7) is 1.34. The average Bonchev–Trinajstić information content (AvgIpc) is 2.48. The Hall–Kier alpha value is -2.47. The maximum Gasteiger partial charge on any atom is 0.260 e. The first-order valence-corrected chi connectivity index (χ1v) is 6.23. The smallest absolute Gasteiger partial charge is 0.260 e. The van der Waals surface area contributed by atoms with E-state index in [1.54, 1.807) is 6.07 Å². The number of nitrogens with zero attached hydrogens (tertiary/aromatic N) is 1. The van der Waals surface area contributed by atoms with Gasteiger partial charge in [-0.2, -0.15) is 0 Å². The average molecular weight is 290 g/mol. The molecule has 110 valence electrons. The summed E-state index contributed by atoms with van der Waals surface area (Å²) in [5, 5.41) is 12.9. The topological polar surface area (TPSA) is 71.5 Å². The lowest BCUT2D eigenvalue weighted by atomic mass is 9.95. The van der Waals surface area contributed by atoms with Gasteiger partial charge in [0.05, 0.1) is 7.11 Å². The van der Waals surface area contributed by atoms with Crippen LogP contribution in [0.15, 0.2) is 42.6 Å². The lowest BCUT2D eigenvalue weighted by Crippen LogP contribution is -2.37. The van der Waals surface area contributed by atoms with Crippen molar-refractivity contribution in [3.05, 3.63) is 54.0 Å². The Bertz CT molecular complexity index is 642. The number of nitrogens with one attached hydrogen (secondary N) is 1. The molecule has 0 saturated carbocycles. The number of carbonyl (C=O) groups is 1. The number of carbonyl (C=O) groups excluding carboxylic acids is 1. The van der Waals surface area contributed by atoms with Gasteiger partial charge < -0.3 is 15.2 Å². The predicted molar refractivity (Wildman–Crippen MR) is 75.4 cm³/mol. The zero-order chi connectivity index (χ0) is 15.5. The van der Waals surface area contributed by atoms with Crippen LogP contribution in [0.5, 0.6) is 5.88 Å². The zero-order valence-corrected chi connectivity index (χ0v) is 11.6. The maximum atomic E-state index is 12.9. The van der Waals surface area contributed by atoms with Gasteiger partial charge in [0.2, 0.25) is 5.88 Å². The van der Waals surface area contributed by atoms with E-state index in [-0.39, 0.29) is 0 Å². The third-order valence-corrected chi connectivity index (χ3v) is 3.05. The van der Waals surface area contributed by atoms with Gasteiger partial charge in [-0.3, -0.25) is 4.79 Å². The van der Waals surface area contributed by atoms with E-state index in [0.717, 1.165) is 0 Å². The Morgan fingerprint density at radius 3 is 2.62 bits per heavy atom. The third kappa shape index (κ3) is 3.35. The Balaban J connectivity index is 2.19. The minimum absolute atomic E-state index is 0.294. The number of hydrogen-bond donors (Lipinski definition) is 2. The van der Waals surface area contributed by atoms with E-state index in [2.05, 4.69) is 10.3 Å². The largest absolute Gasteiger partial charge is 0.481 e. The minimum atomic E-state index is -1.79. The lowest BCUT2D eigenvalue weighted by molar-refractivity contribution is -0.133. The molecule has 1 heterocycles. The fourth-order valence-corrected chi connectivity index (χ4v) is 1.76. The summed E-state index contributed by atoms with van der Waals surface area (Å²) in [7, 11) is 1.46. The molecule has 0 aliphatic heterocycles. The van der Waals surface area contributed by atoms with Crippen LogP contribution >= 0.6 is 0 Å². The molecule has 1 unspecified atom stereocenters. The second-order valence-electron chi connectivity index (χ2n) is 4.62. The molecule has 2 aromatic rings. The van der Waals surface area contributed by atoms with Gasteiger partial charge in [0.15, 0.2) is 5.60 Å². The maximum absolute atomic E-state index is 12.9. The quantitative estimate of drug-likeness (QED) is 0.904. The van der Waals surface area contributed by atoms with Gasteiger partial charge in [-0.25, -0.2) is 9.37 Å². The number of halogens is 1. The molecule has 1 aromatic carbocycles. The van der Waals surface area contributed by atoms with Crippen LogP contribution < -0.4 is 10.1 Å². The molecular weight excluding hydrogens is 275 g/mol. The molecular formula is C15H15FN2O3. The first-order chi connectivity index (χ1) is 9.93. The second-order valence-corrected chi connectivity index (χ2v) is 4.62. The van der Waals surface area contributed by atoms with Crippen LogP contribution in [-0.2, 0) is 10.4 Å². The van der Waals surface area contributed by atoms with Crippen molar-refractivity contribution >= 4 is 11.6 Å². The van der Waals surface area contributed by atoms with Crippen molar-refractivity contribution in [2.45, 2.75) is 12.5 Å². The molecule has 5 nitrogen and oxygen atoms in total. The number of methoxy groups -OCH3 is 1. The summed E-state index contributed by atoms with van der Waals surface area (Å²) >= 11 is 0. The predicted octanol–water partition coefficient (Wildman–Crippen LogP) is 2.08. The molecule has 0 radical (unpaired) electrons. The number of aliphatic hydroxyl groups is 1. The fourth-order valence-electron chi connectivity index (χ4n) is 1.76. The van der Waals surface area contributed by atoms with Crippen molar-refractivity contribution in [3.8, 4) is 5.88 Å². The molecule has 6 heteroatoms. The van der Waals surface area contributed by atoms with Gasteiger partial charge in [-0.15, -0.1) is 0 Å². The first kappa shape index (κ1) is 14.9. The number of hydrogen-bond acceptors (Lipinski definition) is 4. The van der Waals surface area contributed by atoms with Crippen molar-refractivity contribution in [2.75, 3.05) is 12.4 Å². The van der Waals surface area contributed by atoms with Crippen molar-refractivity contribution in [1.29, 1.82) is 0 Å². The van der Waals surface area contributed by atoms with Crippen LogP contribution in [0.3, 0.4) is 0 Å². The van der Waals surface area contributed by atoms with E-state index in [9.17, 15) is 14.3 Å². The van der Waals surface area contributed by atoms with Gasteiger partial charge >= 0.3 is 0 Å². The molecule has 0 bridgehead atoms. The minimum Gasteiger partial charge on any atom is -0.481 e. The highest BCUT2D eigenvalue weighted by Gasteiger charge is 2.32. The number of benzene rings is 1. The molecule has 21 heavy (non-hydrogen) atoms. The van der Waals surface area contributed by atoms with E-state index in [1.807, 2.05) is 0 Å². The summed E-state index contributed by atoms with van der Waals surface area (Å²) in [6.07, 6.45) is 1.47. The van der Waals surface area contributed by atoms with Gasteiger partial charge in [0, 0.05) is 18.0 Å². The van der Waals surface area contributed by atoms with Crippen molar-refractivity contribution in [3.63, 3.8) is 0 Å². The van der Waals surface area contributed by atoms with Gasteiger partial charge in [0.25, 0.3) is 5.91 Å². The Morgan fingerprint density at radius 1 is 1.33 bits per heavy atom. The van der Waals surface area contributed by atoms with Crippen LogP contribution in [-0.4, -0.2) is 23.1 Å². The summed E-state index contributed by atoms with van der Waals surface area (Å²) in [6, 6.07) is 8.20. The molecule has 2 rings (SSSR count). The highest BCUT2D eigenvalue weighted by atomic mass is 19.1. The number of anilines is 1. The molecule has 0 spiro atoms. The first-order valence-electron chi connectivity index (χ1n) is 6.23. The van der Waals surface area contributed by atoms with E-state index < -0.39 is 17.3 Å². The molecule has 0 aliphatic rings. The molecule has 0 saturated heterocycles. The van der Waals surface area contributed by atoms with Crippen molar-refractivity contribution in [2.24, 2.45) is 0 Å².